The van der Waals surface area contributed by atoms with Crippen LogP contribution >= 0.6 is 12.2 Å². The molecule has 0 aromatic carbocycles. The highest BCUT2D eigenvalue weighted by atomic mass is 32.1. The van der Waals surface area contributed by atoms with Crippen LogP contribution in [0.3, 0.4) is 0 Å². The van der Waals surface area contributed by atoms with E-state index in [-0.39, 0.29) is 11.4 Å². The molecule has 0 aliphatic carbocycles. The largest absolute Gasteiger partial charge is 0.383 e. The average Bonchev–Trinajstić information content (AvgIpc) is 2.33. The third-order valence-corrected chi connectivity index (χ3v) is 1.22. The van der Waals surface area contributed by atoms with Gasteiger partial charge in [-0.15, -0.1) is 0 Å². The lowest BCUT2D eigenvalue weighted by Gasteiger charge is -1.90. The Bertz CT molecular complexity index is 309. The number of anilines is 2. The Morgan fingerprint density at radius 1 is 1.82 bits per heavy atom. The molecular formula is C5H5N5S. The molecule has 0 unspecified atom stereocenters. The number of thiocarbonyl (C=S) groups is 1. The first-order valence-corrected chi connectivity index (χ1v) is 3.21. The maximum Gasteiger partial charge on any atom is 0.172 e. The summed E-state index contributed by atoms with van der Waals surface area (Å²) in [5.41, 5.74) is 6.90. The van der Waals surface area contributed by atoms with E-state index in [0.29, 0.717) is 5.82 Å². The van der Waals surface area contributed by atoms with Crippen molar-refractivity contribution in [3.63, 3.8) is 0 Å². The van der Waals surface area contributed by atoms with Gasteiger partial charge in [0.25, 0.3) is 0 Å². The van der Waals surface area contributed by atoms with Crippen LogP contribution in [0.2, 0.25) is 0 Å². The molecule has 0 atom stereocenters. The van der Waals surface area contributed by atoms with Gasteiger partial charge >= 0.3 is 0 Å². The van der Waals surface area contributed by atoms with Crippen LogP contribution < -0.4 is 11.1 Å². The van der Waals surface area contributed by atoms with Gasteiger partial charge in [0.15, 0.2) is 5.82 Å². The molecular weight excluding hydrogens is 162 g/mol. The third-order valence-electron chi connectivity index (χ3n) is 1.10. The molecule has 0 spiro atoms. The van der Waals surface area contributed by atoms with E-state index in [2.05, 4.69) is 27.7 Å². The van der Waals surface area contributed by atoms with Gasteiger partial charge in [-0.25, -0.2) is 0 Å². The number of nitriles is 1. The van der Waals surface area contributed by atoms with Crippen LogP contribution in [0.5, 0.6) is 0 Å². The molecule has 0 aliphatic rings. The molecule has 1 aromatic heterocycles. The van der Waals surface area contributed by atoms with E-state index in [1.807, 2.05) is 6.07 Å². The minimum atomic E-state index is 0.242. The first-order chi connectivity index (χ1) is 5.29. The van der Waals surface area contributed by atoms with Gasteiger partial charge < -0.3 is 11.1 Å². The number of aromatic amines is 1. The zero-order valence-electron chi connectivity index (χ0n) is 5.46. The smallest absolute Gasteiger partial charge is 0.172 e. The number of nitrogens with zero attached hydrogens (tertiary/aromatic N) is 2. The minimum absolute atomic E-state index is 0.242. The van der Waals surface area contributed by atoms with Crippen molar-refractivity contribution in [2.75, 3.05) is 11.1 Å². The minimum Gasteiger partial charge on any atom is -0.383 e. The van der Waals surface area contributed by atoms with Crippen molar-refractivity contribution in [1.82, 2.24) is 10.2 Å². The monoisotopic (exact) mass is 167 g/mol. The summed E-state index contributed by atoms with van der Waals surface area (Å²) in [7, 11) is 0. The highest BCUT2D eigenvalue weighted by Gasteiger charge is 2.07. The first kappa shape index (κ1) is 7.50. The molecule has 0 saturated heterocycles. The van der Waals surface area contributed by atoms with E-state index in [0.717, 1.165) is 0 Å². The van der Waals surface area contributed by atoms with Crippen molar-refractivity contribution in [2.24, 2.45) is 0 Å². The molecule has 0 radical (unpaired) electrons. The van der Waals surface area contributed by atoms with Crippen LogP contribution in [0.25, 0.3) is 0 Å². The summed E-state index contributed by atoms with van der Waals surface area (Å²) in [5.74, 6) is 0.604. The van der Waals surface area contributed by atoms with Crippen LogP contribution in [0, 0.1) is 11.3 Å². The molecule has 5 nitrogen and oxygen atoms in total. The summed E-state index contributed by atoms with van der Waals surface area (Å²) in [6.45, 7) is 0. The Kier molecular flexibility index (Phi) is 2.03. The van der Waals surface area contributed by atoms with E-state index in [9.17, 15) is 0 Å². The number of H-pyrrole nitrogens is 1. The molecule has 0 amide bonds. The van der Waals surface area contributed by atoms with Crippen LogP contribution in [0.15, 0.2) is 0 Å². The molecule has 56 valence electrons. The Morgan fingerprint density at radius 3 is 3.09 bits per heavy atom. The van der Waals surface area contributed by atoms with Crippen molar-refractivity contribution in [3.8, 4) is 6.07 Å². The fourth-order valence-corrected chi connectivity index (χ4v) is 0.741. The van der Waals surface area contributed by atoms with Crippen LogP contribution in [0.1, 0.15) is 5.56 Å². The Labute approximate surface area is 68.2 Å². The van der Waals surface area contributed by atoms with Gasteiger partial charge in [-0.05, 0) is 0 Å². The second-order valence-corrected chi connectivity index (χ2v) is 1.97. The SMILES string of the molecule is N#Cc1c(NC=S)n[nH]c1N. The summed E-state index contributed by atoms with van der Waals surface area (Å²) in [6.07, 6.45) is 0. The molecule has 1 rings (SSSR count). The quantitative estimate of drug-likeness (QED) is 0.548. The van der Waals surface area contributed by atoms with Gasteiger partial charge in [0, 0.05) is 0 Å². The topological polar surface area (TPSA) is 90.5 Å². The number of rotatable bonds is 2. The second-order valence-electron chi connectivity index (χ2n) is 1.73. The van der Waals surface area contributed by atoms with Crippen molar-refractivity contribution in [1.29, 1.82) is 5.26 Å². The van der Waals surface area contributed by atoms with Gasteiger partial charge in [-0.1, -0.05) is 12.2 Å². The first-order valence-electron chi connectivity index (χ1n) is 2.73. The van der Waals surface area contributed by atoms with Crippen LogP contribution in [-0.2, 0) is 0 Å². The maximum atomic E-state index is 8.54. The molecule has 6 heteroatoms. The highest BCUT2D eigenvalue weighted by Crippen LogP contribution is 2.15. The summed E-state index contributed by atoms with van der Waals surface area (Å²) in [6, 6.07) is 1.88. The van der Waals surface area contributed by atoms with Crippen molar-refractivity contribution < 1.29 is 0 Å². The van der Waals surface area contributed by atoms with E-state index in [1.165, 1.54) is 5.49 Å². The molecule has 1 heterocycles. The Balaban J connectivity index is 3.07. The Morgan fingerprint density at radius 2 is 2.55 bits per heavy atom. The summed E-state index contributed by atoms with van der Waals surface area (Å²) in [5, 5.41) is 17.3. The van der Waals surface area contributed by atoms with Gasteiger partial charge in [0.05, 0.1) is 5.49 Å². The standard InChI is InChI=1S/C5H5N5S/c6-1-3-4(7)9-10-5(3)8-2-11/h2H,(H4,7,8,9,10,11). The van der Waals surface area contributed by atoms with E-state index in [4.69, 9.17) is 11.0 Å². The predicted molar refractivity (Wildman–Crippen MR) is 45.0 cm³/mol. The van der Waals surface area contributed by atoms with Gasteiger partial charge in [0.2, 0.25) is 0 Å². The highest BCUT2D eigenvalue weighted by molar-refractivity contribution is 7.79. The summed E-state index contributed by atoms with van der Waals surface area (Å²) >= 11 is 4.51. The molecule has 0 fully saturated rings. The van der Waals surface area contributed by atoms with Crippen LogP contribution in [-0.4, -0.2) is 15.7 Å². The fourth-order valence-electron chi connectivity index (χ4n) is 0.629. The zero-order valence-corrected chi connectivity index (χ0v) is 6.27. The van der Waals surface area contributed by atoms with Crippen molar-refractivity contribution >= 4 is 29.3 Å². The summed E-state index contributed by atoms with van der Waals surface area (Å²) < 4.78 is 0. The molecule has 1 aromatic rings. The Hall–Kier alpha value is -1.61. The zero-order chi connectivity index (χ0) is 8.27. The molecule has 0 aliphatic heterocycles. The number of nitrogens with two attached hydrogens (primary N) is 1. The van der Waals surface area contributed by atoms with E-state index >= 15 is 0 Å². The molecule has 11 heavy (non-hydrogen) atoms. The number of nitrogen functional groups attached to an aromatic ring is 1. The lowest BCUT2D eigenvalue weighted by molar-refractivity contribution is 1.10. The van der Waals surface area contributed by atoms with E-state index in [1.54, 1.807) is 0 Å². The number of hydrogen-bond donors (Lipinski definition) is 3. The lowest BCUT2D eigenvalue weighted by atomic mass is 10.3. The molecule has 4 N–H and O–H groups in total. The number of hydrogen-bond acceptors (Lipinski definition) is 4. The van der Waals surface area contributed by atoms with Gasteiger partial charge in [-0.2, -0.15) is 10.4 Å². The summed E-state index contributed by atoms with van der Waals surface area (Å²) in [4.78, 5) is 0. The third kappa shape index (κ3) is 1.28. The maximum absolute atomic E-state index is 8.54. The van der Waals surface area contributed by atoms with Gasteiger partial charge in [-0.3, -0.25) is 5.10 Å². The predicted octanol–water partition coefficient (Wildman–Crippen LogP) is 0.233. The molecule has 0 bridgehead atoms. The average molecular weight is 167 g/mol. The fraction of sp³-hybridized carbons (Fsp3) is 0. The van der Waals surface area contributed by atoms with Gasteiger partial charge in [0.1, 0.15) is 17.5 Å². The van der Waals surface area contributed by atoms with Crippen LogP contribution in [0.4, 0.5) is 11.6 Å². The normalized spacial score (nSPS) is 8.64. The number of nitrogens with one attached hydrogen (secondary N) is 2. The second kappa shape index (κ2) is 2.98. The van der Waals surface area contributed by atoms with E-state index < -0.39 is 0 Å². The van der Waals surface area contributed by atoms with Crippen molar-refractivity contribution in [2.45, 2.75) is 0 Å². The number of aromatic nitrogens is 2. The lowest BCUT2D eigenvalue weighted by Crippen LogP contribution is -1.94. The van der Waals surface area contributed by atoms with Crippen molar-refractivity contribution in [3.05, 3.63) is 5.56 Å². The molecule has 0 saturated carbocycles.